The Morgan fingerprint density at radius 1 is 1.25 bits per heavy atom. The Balaban J connectivity index is 1.86. The molecule has 0 aliphatic carbocycles. The van der Waals surface area contributed by atoms with Crippen molar-refractivity contribution < 1.29 is 8.42 Å². The summed E-state index contributed by atoms with van der Waals surface area (Å²) in [7, 11) is -3.33. The maximum Gasteiger partial charge on any atom is 0.279 e. The highest BCUT2D eigenvalue weighted by Crippen LogP contribution is 2.32. The molecule has 2 heterocycles. The lowest BCUT2D eigenvalue weighted by Crippen LogP contribution is -2.54. The smallest absolute Gasteiger partial charge is 0.279 e. The van der Waals surface area contributed by atoms with Crippen LogP contribution in [0.25, 0.3) is 0 Å². The molecule has 1 unspecified atom stereocenters. The van der Waals surface area contributed by atoms with Gasteiger partial charge < -0.3 is 0 Å². The molecule has 0 aromatic heterocycles. The monoisotopic (exact) mass is 295 g/mol. The van der Waals surface area contributed by atoms with Crippen molar-refractivity contribution in [3.05, 3.63) is 35.4 Å². The standard InChI is InChI=1S/C14H21N3O2S/c1-2-15-20(18,19)17-10-9-16-8-7-12-5-3-4-6-13(12)14(16)11-17/h3-6,14-15H,2,7-11H2,1H3. The van der Waals surface area contributed by atoms with Crippen LogP contribution in [-0.2, 0) is 16.6 Å². The van der Waals surface area contributed by atoms with Crippen molar-refractivity contribution >= 4 is 10.2 Å². The largest absolute Gasteiger partial charge is 0.293 e. The van der Waals surface area contributed by atoms with E-state index >= 15 is 0 Å². The summed E-state index contributed by atoms with van der Waals surface area (Å²) in [6.45, 7) is 5.20. The second-order valence-corrected chi connectivity index (χ2v) is 7.12. The van der Waals surface area contributed by atoms with Crippen LogP contribution in [0.3, 0.4) is 0 Å². The van der Waals surface area contributed by atoms with Gasteiger partial charge in [-0.3, -0.25) is 4.90 Å². The minimum absolute atomic E-state index is 0.196. The minimum atomic E-state index is -3.33. The Bertz CT molecular complexity index is 588. The van der Waals surface area contributed by atoms with E-state index in [1.54, 1.807) is 4.31 Å². The van der Waals surface area contributed by atoms with E-state index in [0.29, 0.717) is 19.6 Å². The lowest BCUT2D eigenvalue weighted by atomic mass is 9.91. The number of benzene rings is 1. The van der Waals surface area contributed by atoms with Crippen molar-refractivity contribution in [2.45, 2.75) is 19.4 Å². The number of hydrogen-bond acceptors (Lipinski definition) is 3. The molecule has 1 atom stereocenters. The normalized spacial score (nSPS) is 24.1. The fraction of sp³-hybridized carbons (Fsp3) is 0.571. The minimum Gasteiger partial charge on any atom is -0.293 e. The summed E-state index contributed by atoms with van der Waals surface area (Å²) >= 11 is 0. The van der Waals surface area contributed by atoms with Crippen LogP contribution in [0.5, 0.6) is 0 Å². The average Bonchev–Trinajstić information content (AvgIpc) is 2.46. The lowest BCUT2D eigenvalue weighted by Gasteiger charge is -2.44. The lowest BCUT2D eigenvalue weighted by molar-refractivity contribution is 0.109. The zero-order chi connectivity index (χ0) is 14.2. The fourth-order valence-corrected chi connectivity index (χ4v) is 4.41. The van der Waals surface area contributed by atoms with Gasteiger partial charge in [0.2, 0.25) is 0 Å². The maximum atomic E-state index is 12.2. The van der Waals surface area contributed by atoms with Gasteiger partial charge in [0.15, 0.2) is 0 Å². The molecule has 0 radical (unpaired) electrons. The molecule has 20 heavy (non-hydrogen) atoms. The van der Waals surface area contributed by atoms with Crippen LogP contribution in [-0.4, -0.2) is 50.3 Å². The first-order valence-electron chi connectivity index (χ1n) is 7.18. The van der Waals surface area contributed by atoms with Crippen molar-refractivity contribution in [2.75, 3.05) is 32.7 Å². The molecule has 1 aromatic carbocycles. The van der Waals surface area contributed by atoms with Gasteiger partial charge in [-0.2, -0.15) is 12.7 Å². The highest BCUT2D eigenvalue weighted by Gasteiger charge is 2.36. The van der Waals surface area contributed by atoms with E-state index in [2.05, 4.69) is 27.8 Å². The van der Waals surface area contributed by atoms with E-state index in [4.69, 9.17) is 0 Å². The summed E-state index contributed by atoms with van der Waals surface area (Å²) < 4.78 is 28.5. The van der Waals surface area contributed by atoms with Crippen LogP contribution < -0.4 is 4.72 Å². The maximum absolute atomic E-state index is 12.2. The Morgan fingerprint density at radius 3 is 2.85 bits per heavy atom. The van der Waals surface area contributed by atoms with E-state index in [0.717, 1.165) is 19.5 Å². The molecule has 0 bridgehead atoms. The molecule has 1 fully saturated rings. The molecule has 1 aromatic rings. The fourth-order valence-electron chi connectivity index (χ4n) is 3.20. The highest BCUT2D eigenvalue weighted by atomic mass is 32.2. The van der Waals surface area contributed by atoms with Gasteiger partial charge in [-0.15, -0.1) is 0 Å². The molecule has 5 nitrogen and oxygen atoms in total. The average molecular weight is 295 g/mol. The van der Waals surface area contributed by atoms with Crippen LogP contribution in [0.4, 0.5) is 0 Å². The van der Waals surface area contributed by atoms with Crippen molar-refractivity contribution in [1.29, 1.82) is 0 Å². The highest BCUT2D eigenvalue weighted by molar-refractivity contribution is 7.87. The molecule has 1 saturated heterocycles. The number of hydrogen-bond donors (Lipinski definition) is 1. The van der Waals surface area contributed by atoms with Crippen molar-refractivity contribution in [3.8, 4) is 0 Å². The Labute approximate surface area is 120 Å². The Hall–Kier alpha value is -0.950. The predicted octanol–water partition coefficient (Wildman–Crippen LogP) is 0.756. The van der Waals surface area contributed by atoms with E-state index in [-0.39, 0.29) is 6.04 Å². The third-order valence-corrected chi connectivity index (χ3v) is 5.87. The molecule has 0 saturated carbocycles. The number of nitrogens with one attached hydrogen (secondary N) is 1. The Morgan fingerprint density at radius 2 is 2.05 bits per heavy atom. The first-order valence-corrected chi connectivity index (χ1v) is 8.62. The summed E-state index contributed by atoms with van der Waals surface area (Å²) in [6, 6.07) is 8.59. The van der Waals surface area contributed by atoms with Crippen molar-refractivity contribution in [2.24, 2.45) is 0 Å². The number of nitrogens with zero attached hydrogens (tertiary/aromatic N) is 2. The third kappa shape index (κ3) is 2.48. The summed E-state index contributed by atoms with van der Waals surface area (Å²) in [5.41, 5.74) is 2.64. The summed E-state index contributed by atoms with van der Waals surface area (Å²) in [5.74, 6) is 0. The third-order valence-electron chi connectivity index (χ3n) is 4.20. The summed E-state index contributed by atoms with van der Waals surface area (Å²) in [6.07, 6.45) is 1.06. The molecule has 0 amide bonds. The molecule has 3 rings (SSSR count). The quantitative estimate of drug-likeness (QED) is 0.895. The van der Waals surface area contributed by atoms with E-state index in [1.165, 1.54) is 11.1 Å². The zero-order valence-corrected chi connectivity index (χ0v) is 12.6. The van der Waals surface area contributed by atoms with Crippen LogP contribution >= 0.6 is 0 Å². The topological polar surface area (TPSA) is 52.7 Å². The van der Waals surface area contributed by atoms with Crippen molar-refractivity contribution in [3.63, 3.8) is 0 Å². The Kier molecular flexibility index (Phi) is 3.81. The first-order chi connectivity index (χ1) is 9.62. The SMILES string of the molecule is CCNS(=O)(=O)N1CCN2CCc3ccccc3C2C1. The number of piperazine rings is 1. The molecule has 2 aliphatic heterocycles. The van der Waals surface area contributed by atoms with E-state index in [1.807, 2.05) is 13.0 Å². The summed E-state index contributed by atoms with van der Waals surface area (Å²) in [5, 5.41) is 0. The van der Waals surface area contributed by atoms with Crippen LogP contribution in [0.15, 0.2) is 24.3 Å². The van der Waals surface area contributed by atoms with Gasteiger partial charge >= 0.3 is 0 Å². The predicted molar refractivity (Wildman–Crippen MR) is 78.6 cm³/mol. The van der Waals surface area contributed by atoms with E-state index in [9.17, 15) is 8.42 Å². The first kappa shape index (κ1) is 14.0. The van der Waals surface area contributed by atoms with Crippen LogP contribution in [0.1, 0.15) is 24.1 Å². The van der Waals surface area contributed by atoms with Crippen molar-refractivity contribution in [1.82, 2.24) is 13.9 Å². The molecule has 6 heteroatoms. The van der Waals surface area contributed by atoms with Gasteiger partial charge in [0, 0.05) is 38.8 Å². The van der Waals surface area contributed by atoms with Crippen LogP contribution in [0.2, 0.25) is 0 Å². The van der Waals surface area contributed by atoms with Gasteiger partial charge in [-0.25, -0.2) is 4.72 Å². The van der Waals surface area contributed by atoms with Gasteiger partial charge in [-0.05, 0) is 17.5 Å². The molecule has 2 aliphatic rings. The summed E-state index contributed by atoms with van der Waals surface area (Å²) in [4.78, 5) is 2.40. The van der Waals surface area contributed by atoms with E-state index < -0.39 is 10.2 Å². The number of rotatable bonds is 3. The zero-order valence-electron chi connectivity index (χ0n) is 11.7. The van der Waals surface area contributed by atoms with Gasteiger partial charge in [0.1, 0.15) is 0 Å². The van der Waals surface area contributed by atoms with Gasteiger partial charge in [0.05, 0.1) is 0 Å². The van der Waals surface area contributed by atoms with Gasteiger partial charge in [0.25, 0.3) is 10.2 Å². The second kappa shape index (κ2) is 5.44. The molecule has 110 valence electrons. The number of fused-ring (bicyclic) bond motifs is 3. The van der Waals surface area contributed by atoms with Crippen LogP contribution in [0, 0.1) is 0 Å². The molecule has 0 spiro atoms. The second-order valence-electron chi connectivity index (χ2n) is 5.36. The van der Waals surface area contributed by atoms with Gasteiger partial charge in [-0.1, -0.05) is 31.2 Å². The molecular formula is C14H21N3O2S. The molecular weight excluding hydrogens is 274 g/mol. The molecule has 1 N–H and O–H groups in total.